The number of amides is 1. The van der Waals surface area contributed by atoms with Crippen molar-refractivity contribution in [2.75, 3.05) is 6.54 Å². The second kappa shape index (κ2) is 5.91. The van der Waals surface area contributed by atoms with Gasteiger partial charge in [0.1, 0.15) is 0 Å². The molecule has 1 aliphatic heterocycles. The molecule has 1 heterocycles. The molecule has 1 aromatic carbocycles. The first kappa shape index (κ1) is 15.6. The number of carbonyl (C=O) groups is 1. The van der Waals surface area contributed by atoms with E-state index in [9.17, 15) is 13.2 Å². The molecule has 0 aliphatic carbocycles. The van der Waals surface area contributed by atoms with Gasteiger partial charge in [0.25, 0.3) is 5.91 Å². The van der Waals surface area contributed by atoms with Gasteiger partial charge in [-0.3, -0.25) is 4.79 Å². The summed E-state index contributed by atoms with van der Waals surface area (Å²) in [4.78, 5) is 15.5. The topological polar surface area (TPSA) is 75.6 Å². The zero-order valence-corrected chi connectivity index (χ0v) is 13.0. The van der Waals surface area contributed by atoms with Crippen molar-refractivity contribution in [2.45, 2.75) is 31.6 Å². The van der Waals surface area contributed by atoms with Crippen molar-refractivity contribution in [3.8, 4) is 0 Å². The summed E-state index contributed by atoms with van der Waals surface area (Å²) in [5.41, 5.74) is 1.33. The quantitative estimate of drug-likeness (QED) is 0.815. The first-order valence-corrected chi connectivity index (χ1v) is 8.27. The van der Waals surface area contributed by atoms with Gasteiger partial charge < -0.3 is 0 Å². The molecule has 0 fully saturated rings. The zero-order valence-electron chi connectivity index (χ0n) is 12.1. The number of unbranched alkanes of at least 4 members (excludes halogenated alkanes) is 1. The maximum atomic E-state index is 12.3. The molecule has 0 atom stereocenters. The molecule has 0 saturated carbocycles. The maximum Gasteiger partial charge on any atom is 0.270 e. The van der Waals surface area contributed by atoms with Gasteiger partial charge in [-0.05, 0) is 36.3 Å². The summed E-state index contributed by atoms with van der Waals surface area (Å²) in [7, 11) is -3.57. The first-order chi connectivity index (χ1) is 9.85. The number of fused-ring (bicyclic) bond motifs is 1. The van der Waals surface area contributed by atoms with Gasteiger partial charge in [0.2, 0.25) is 10.0 Å². The summed E-state index contributed by atoms with van der Waals surface area (Å²) in [5.74, 6) is -0.346. The van der Waals surface area contributed by atoms with E-state index in [0.717, 1.165) is 12.8 Å². The Kier molecular flexibility index (Phi) is 4.39. The van der Waals surface area contributed by atoms with Crippen LogP contribution in [-0.4, -0.2) is 20.9 Å². The van der Waals surface area contributed by atoms with Gasteiger partial charge in [-0.2, -0.15) is 0 Å². The summed E-state index contributed by atoms with van der Waals surface area (Å²) in [6, 6.07) is 2.99. The van der Waals surface area contributed by atoms with Crippen molar-refractivity contribution in [1.29, 1.82) is 0 Å². The Morgan fingerprint density at radius 3 is 2.71 bits per heavy atom. The van der Waals surface area contributed by atoms with Gasteiger partial charge in [-0.15, -0.1) is 0 Å². The van der Waals surface area contributed by atoms with Gasteiger partial charge in [-0.25, -0.2) is 18.1 Å². The molecule has 1 aliphatic rings. The normalized spacial score (nSPS) is 14.4. The van der Waals surface area contributed by atoms with Crippen LogP contribution in [-0.2, 0) is 14.8 Å². The molecule has 0 aromatic heterocycles. The van der Waals surface area contributed by atoms with Crippen molar-refractivity contribution in [3.05, 3.63) is 34.3 Å². The molecule has 6 heteroatoms. The van der Waals surface area contributed by atoms with Crippen molar-refractivity contribution >= 4 is 28.1 Å². The Bertz CT molecular complexity index is 823. The molecule has 1 aromatic rings. The molecule has 0 spiro atoms. The van der Waals surface area contributed by atoms with Crippen LogP contribution in [0.2, 0.25) is 0 Å². The van der Waals surface area contributed by atoms with Crippen molar-refractivity contribution in [2.24, 2.45) is 4.99 Å². The van der Waals surface area contributed by atoms with Crippen LogP contribution in [0.1, 0.15) is 32.3 Å². The van der Waals surface area contributed by atoms with Gasteiger partial charge in [-0.1, -0.05) is 19.9 Å². The molecule has 0 saturated heterocycles. The standard InChI is InChI=1S/C15H18N2O3S/c1-4-5-6-16-21(19,20)12-7-11(3)15-13(9-12)10(2)8-14(18)17-15/h7-9,16H,3-6H2,1-2H3. The Morgan fingerprint density at radius 2 is 2.05 bits per heavy atom. The largest absolute Gasteiger partial charge is 0.270 e. The Balaban J connectivity index is 2.51. The van der Waals surface area contributed by atoms with Crippen LogP contribution >= 0.6 is 0 Å². The number of benzene rings is 1. The minimum Gasteiger partial charge on any atom is -0.267 e. The fourth-order valence-corrected chi connectivity index (χ4v) is 3.28. The summed E-state index contributed by atoms with van der Waals surface area (Å²) in [6.45, 7) is 7.96. The van der Waals surface area contributed by atoms with Crippen LogP contribution in [0.3, 0.4) is 0 Å². The Labute approximate surface area is 124 Å². The highest BCUT2D eigenvalue weighted by atomic mass is 32.2. The Hall–Kier alpha value is -1.79. The molecular formula is C15H18N2O3S. The van der Waals surface area contributed by atoms with Gasteiger partial charge in [0.15, 0.2) is 0 Å². The lowest BCUT2D eigenvalue weighted by molar-refractivity contribution is -0.113. The van der Waals surface area contributed by atoms with E-state index < -0.39 is 10.0 Å². The average Bonchev–Trinajstić information content (AvgIpc) is 2.39. The van der Waals surface area contributed by atoms with Crippen LogP contribution in [0.5, 0.6) is 0 Å². The van der Waals surface area contributed by atoms with Crippen LogP contribution in [0, 0.1) is 0 Å². The molecule has 0 unspecified atom stereocenters. The molecule has 1 N–H and O–H groups in total. The van der Waals surface area contributed by atoms with E-state index in [1.807, 2.05) is 6.92 Å². The summed E-state index contributed by atoms with van der Waals surface area (Å²) < 4.78 is 27.1. The number of hydrogen-bond donors (Lipinski definition) is 1. The minimum absolute atomic E-state index is 0.152. The van der Waals surface area contributed by atoms with Gasteiger partial charge >= 0.3 is 0 Å². The molecule has 0 radical (unpaired) electrons. The van der Waals surface area contributed by atoms with E-state index in [0.29, 0.717) is 28.3 Å². The first-order valence-electron chi connectivity index (χ1n) is 6.79. The van der Waals surface area contributed by atoms with Crippen LogP contribution < -0.4 is 15.3 Å². The van der Waals surface area contributed by atoms with Gasteiger partial charge in [0, 0.05) is 18.2 Å². The molecule has 112 valence electrons. The lowest BCUT2D eigenvalue weighted by Crippen LogP contribution is -2.33. The number of hydrogen-bond acceptors (Lipinski definition) is 3. The molecular weight excluding hydrogens is 288 g/mol. The van der Waals surface area contributed by atoms with E-state index in [-0.39, 0.29) is 10.8 Å². The van der Waals surface area contributed by atoms with Gasteiger partial charge in [0.05, 0.1) is 10.3 Å². The number of rotatable bonds is 5. The van der Waals surface area contributed by atoms with E-state index in [1.165, 1.54) is 12.1 Å². The van der Waals surface area contributed by atoms with Crippen LogP contribution in [0.15, 0.2) is 28.1 Å². The molecule has 5 nitrogen and oxygen atoms in total. The number of nitrogens with one attached hydrogen (secondary N) is 1. The number of allylic oxidation sites excluding steroid dienone is 1. The highest BCUT2D eigenvalue weighted by Gasteiger charge is 2.18. The lowest BCUT2D eigenvalue weighted by Gasteiger charge is -2.11. The third-order valence-electron chi connectivity index (χ3n) is 3.28. The van der Waals surface area contributed by atoms with Crippen molar-refractivity contribution < 1.29 is 13.2 Å². The lowest BCUT2D eigenvalue weighted by atomic mass is 10.0. The minimum atomic E-state index is -3.57. The number of sulfonamides is 1. The fraction of sp³-hybridized carbons (Fsp3) is 0.333. The second-order valence-corrected chi connectivity index (χ2v) is 6.77. The summed E-state index contributed by atoms with van der Waals surface area (Å²) >= 11 is 0. The second-order valence-electron chi connectivity index (χ2n) is 5.01. The molecule has 2 rings (SSSR count). The predicted octanol–water partition coefficient (Wildman–Crippen LogP) is 0.738. The maximum absolute atomic E-state index is 12.3. The van der Waals surface area contributed by atoms with E-state index in [2.05, 4.69) is 16.3 Å². The number of carbonyl (C=O) groups excluding carboxylic acids is 1. The summed E-state index contributed by atoms with van der Waals surface area (Å²) in [5, 5.41) is 0.886. The molecule has 1 amide bonds. The summed E-state index contributed by atoms with van der Waals surface area (Å²) in [6.07, 6.45) is 3.09. The smallest absolute Gasteiger partial charge is 0.267 e. The molecule has 21 heavy (non-hydrogen) atoms. The van der Waals surface area contributed by atoms with E-state index >= 15 is 0 Å². The highest BCUT2D eigenvalue weighted by molar-refractivity contribution is 7.89. The monoisotopic (exact) mass is 306 g/mol. The molecule has 0 bridgehead atoms. The van der Waals surface area contributed by atoms with Crippen molar-refractivity contribution in [3.63, 3.8) is 0 Å². The van der Waals surface area contributed by atoms with E-state index in [4.69, 9.17) is 0 Å². The van der Waals surface area contributed by atoms with E-state index in [1.54, 1.807) is 13.0 Å². The zero-order chi connectivity index (χ0) is 15.6. The van der Waals surface area contributed by atoms with Crippen LogP contribution in [0.4, 0.5) is 0 Å². The Morgan fingerprint density at radius 1 is 1.33 bits per heavy atom. The average molecular weight is 306 g/mol. The fourth-order valence-electron chi connectivity index (χ4n) is 2.13. The third-order valence-corrected chi connectivity index (χ3v) is 4.72. The number of nitrogens with zero attached hydrogens (tertiary/aromatic N) is 1. The van der Waals surface area contributed by atoms with Crippen molar-refractivity contribution in [1.82, 2.24) is 4.72 Å². The third kappa shape index (κ3) is 3.28. The highest BCUT2D eigenvalue weighted by Crippen LogP contribution is 2.15. The van der Waals surface area contributed by atoms with Crippen LogP contribution in [0.25, 0.3) is 12.2 Å². The predicted molar refractivity (Wildman–Crippen MR) is 81.5 cm³/mol. The SMILES string of the molecule is C=c1cc(S(=O)(=O)NCCCC)cc2c1=NC(=O)C=C2C.